The quantitative estimate of drug-likeness (QED) is 0.558. The number of hydrogen-bond donors (Lipinski definition) is 2. The van der Waals surface area contributed by atoms with Crippen LogP contribution in [0.3, 0.4) is 0 Å². The predicted molar refractivity (Wildman–Crippen MR) is 97.3 cm³/mol. The third kappa shape index (κ3) is 4.20. The van der Waals surface area contributed by atoms with E-state index in [0.29, 0.717) is 16.4 Å². The molecule has 2 rings (SSSR count). The van der Waals surface area contributed by atoms with E-state index in [4.69, 9.17) is 11.6 Å². The van der Waals surface area contributed by atoms with Crippen LogP contribution >= 0.6 is 34.2 Å². The van der Waals surface area contributed by atoms with Crippen LogP contribution in [0.15, 0.2) is 36.4 Å². The smallest absolute Gasteiger partial charge is 0.314 e. The van der Waals surface area contributed by atoms with Gasteiger partial charge in [0.1, 0.15) is 0 Å². The molecule has 0 aliphatic carbocycles. The van der Waals surface area contributed by atoms with Crippen molar-refractivity contribution in [1.29, 1.82) is 0 Å². The van der Waals surface area contributed by atoms with Gasteiger partial charge in [0.15, 0.2) is 0 Å². The first kappa shape index (κ1) is 16.8. The van der Waals surface area contributed by atoms with Crippen molar-refractivity contribution >= 4 is 57.4 Å². The number of carbonyl (C=O) groups excluding carboxylic acids is 2. The second-order valence-corrected chi connectivity index (χ2v) is 6.51. The molecule has 4 nitrogen and oxygen atoms in total. The zero-order chi connectivity index (χ0) is 16.3. The minimum Gasteiger partial charge on any atom is -0.318 e. The fourth-order valence-electron chi connectivity index (χ4n) is 1.89. The van der Waals surface area contributed by atoms with Crippen molar-refractivity contribution in [3.8, 4) is 0 Å². The summed E-state index contributed by atoms with van der Waals surface area (Å²) in [7, 11) is 0. The molecule has 0 atom stereocenters. The molecule has 0 bridgehead atoms. The Balaban J connectivity index is 2.07. The molecule has 6 heteroatoms. The van der Waals surface area contributed by atoms with E-state index in [9.17, 15) is 9.59 Å². The first-order valence-corrected chi connectivity index (χ1v) is 7.97. The van der Waals surface area contributed by atoms with Crippen LogP contribution in [0, 0.1) is 17.4 Å². The molecule has 0 saturated heterocycles. The van der Waals surface area contributed by atoms with Gasteiger partial charge < -0.3 is 10.6 Å². The van der Waals surface area contributed by atoms with Gasteiger partial charge in [-0.2, -0.15) is 0 Å². The summed E-state index contributed by atoms with van der Waals surface area (Å²) in [6.07, 6.45) is 0. The van der Waals surface area contributed by atoms with Crippen LogP contribution in [-0.2, 0) is 9.59 Å². The highest BCUT2D eigenvalue weighted by Gasteiger charge is 2.16. The van der Waals surface area contributed by atoms with Gasteiger partial charge in [-0.05, 0) is 84.0 Å². The summed E-state index contributed by atoms with van der Waals surface area (Å²) in [6, 6.07) is 10.6. The van der Waals surface area contributed by atoms with Crippen molar-refractivity contribution in [3.63, 3.8) is 0 Å². The number of rotatable bonds is 2. The average molecular weight is 429 g/mol. The van der Waals surface area contributed by atoms with Crippen molar-refractivity contribution in [2.24, 2.45) is 0 Å². The second-order valence-electron chi connectivity index (χ2n) is 4.83. The zero-order valence-electron chi connectivity index (χ0n) is 12.0. The lowest BCUT2D eigenvalue weighted by molar-refractivity contribution is -0.133. The van der Waals surface area contributed by atoms with Gasteiger partial charge in [-0.1, -0.05) is 11.6 Å². The first-order valence-electron chi connectivity index (χ1n) is 6.51. The van der Waals surface area contributed by atoms with Gasteiger partial charge >= 0.3 is 11.8 Å². The molecular weight excluding hydrogens is 415 g/mol. The van der Waals surface area contributed by atoms with Crippen LogP contribution in [0.2, 0.25) is 5.02 Å². The summed E-state index contributed by atoms with van der Waals surface area (Å²) in [5.41, 5.74) is 2.87. The highest BCUT2D eigenvalue weighted by Crippen LogP contribution is 2.20. The molecule has 0 aromatic heterocycles. The maximum Gasteiger partial charge on any atom is 0.314 e. The predicted octanol–water partition coefficient (Wildman–Crippen LogP) is 4.14. The molecule has 22 heavy (non-hydrogen) atoms. The summed E-state index contributed by atoms with van der Waals surface area (Å²) >= 11 is 8.05. The van der Waals surface area contributed by atoms with E-state index in [0.717, 1.165) is 14.7 Å². The average Bonchev–Trinajstić information content (AvgIpc) is 2.44. The third-order valence-corrected chi connectivity index (χ3v) is 3.99. The lowest BCUT2D eigenvalue weighted by atomic mass is 10.2. The number of nitrogens with one attached hydrogen (secondary N) is 2. The lowest BCUT2D eigenvalue weighted by Gasteiger charge is -2.10. The molecular formula is C16H14ClIN2O2. The number of anilines is 2. The van der Waals surface area contributed by atoms with Crippen LogP contribution in [0.25, 0.3) is 0 Å². The van der Waals surface area contributed by atoms with E-state index in [1.165, 1.54) is 0 Å². The van der Waals surface area contributed by atoms with E-state index in [-0.39, 0.29) is 0 Å². The maximum atomic E-state index is 12.0. The van der Waals surface area contributed by atoms with Crippen molar-refractivity contribution in [3.05, 3.63) is 56.1 Å². The van der Waals surface area contributed by atoms with Gasteiger partial charge in [-0.15, -0.1) is 0 Å². The molecule has 0 radical (unpaired) electrons. The summed E-state index contributed by atoms with van der Waals surface area (Å²) < 4.78 is 1.06. The number of halogens is 2. The molecule has 2 aromatic carbocycles. The molecule has 114 valence electrons. The minimum absolute atomic E-state index is 0.559. The summed E-state index contributed by atoms with van der Waals surface area (Å²) in [6.45, 7) is 3.68. The van der Waals surface area contributed by atoms with Crippen molar-refractivity contribution < 1.29 is 9.59 Å². The Hall–Kier alpha value is -1.60. The van der Waals surface area contributed by atoms with Crippen molar-refractivity contribution in [1.82, 2.24) is 0 Å². The standard InChI is InChI=1S/C16H14ClIN2O2/c1-9-7-11(17)3-5-13(9)19-15(21)16(22)20-14-6-4-12(18)8-10(14)2/h3-8H,1-2H3,(H,19,21)(H,20,22). The fourth-order valence-corrected chi connectivity index (χ4v) is 2.77. The number of hydrogen-bond acceptors (Lipinski definition) is 2. The third-order valence-electron chi connectivity index (χ3n) is 3.08. The molecule has 2 aromatic rings. The fraction of sp³-hybridized carbons (Fsp3) is 0.125. The summed E-state index contributed by atoms with van der Waals surface area (Å²) in [5.74, 6) is -1.43. The van der Waals surface area contributed by atoms with Crippen LogP contribution < -0.4 is 10.6 Å². The normalized spacial score (nSPS) is 10.2. The Morgan fingerprint density at radius 3 is 1.91 bits per heavy atom. The van der Waals surface area contributed by atoms with Gasteiger partial charge in [0.2, 0.25) is 0 Å². The van der Waals surface area contributed by atoms with Gasteiger partial charge in [0, 0.05) is 20.0 Å². The largest absolute Gasteiger partial charge is 0.318 e. The van der Waals surface area contributed by atoms with Crippen LogP contribution in [0.5, 0.6) is 0 Å². The molecule has 0 spiro atoms. The van der Waals surface area contributed by atoms with Crippen LogP contribution in [0.4, 0.5) is 11.4 Å². The number of aryl methyl sites for hydroxylation is 2. The maximum absolute atomic E-state index is 12.0. The Morgan fingerprint density at radius 1 is 0.909 bits per heavy atom. The van der Waals surface area contributed by atoms with E-state index in [2.05, 4.69) is 33.2 Å². The lowest BCUT2D eigenvalue weighted by Crippen LogP contribution is -2.29. The summed E-state index contributed by atoms with van der Waals surface area (Å²) in [4.78, 5) is 24.0. The van der Waals surface area contributed by atoms with E-state index >= 15 is 0 Å². The Labute approximate surface area is 147 Å². The van der Waals surface area contributed by atoms with Crippen LogP contribution in [-0.4, -0.2) is 11.8 Å². The Kier molecular flexibility index (Phi) is 5.42. The highest BCUT2D eigenvalue weighted by atomic mass is 127. The molecule has 0 fully saturated rings. The monoisotopic (exact) mass is 428 g/mol. The van der Waals surface area contributed by atoms with Gasteiger partial charge in [-0.3, -0.25) is 9.59 Å². The van der Waals surface area contributed by atoms with Gasteiger partial charge in [0.25, 0.3) is 0 Å². The number of benzene rings is 2. The number of amides is 2. The van der Waals surface area contributed by atoms with E-state index in [1.54, 1.807) is 24.3 Å². The molecule has 0 saturated carbocycles. The Bertz CT molecular complexity index is 683. The second kappa shape index (κ2) is 7.11. The molecule has 0 aliphatic heterocycles. The van der Waals surface area contributed by atoms with E-state index < -0.39 is 11.8 Å². The number of carbonyl (C=O) groups is 2. The SMILES string of the molecule is Cc1cc(Cl)ccc1NC(=O)C(=O)Nc1ccc(I)cc1C. The highest BCUT2D eigenvalue weighted by molar-refractivity contribution is 14.1. The molecule has 0 aliphatic rings. The van der Waals surface area contributed by atoms with Gasteiger partial charge in [0.05, 0.1) is 0 Å². The van der Waals surface area contributed by atoms with E-state index in [1.807, 2.05) is 26.0 Å². The topological polar surface area (TPSA) is 58.2 Å². The summed E-state index contributed by atoms with van der Waals surface area (Å²) in [5, 5.41) is 5.76. The van der Waals surface area contributed by atoms with Gasteiger partial charge in [-0.25, -0.2) is 0 Å². The first-order chi connectivity index (χ1) is 10.4. The zero-order valence-corrected chi connectivity index (χ0v) is 14.9. The van der Waals surface area contributed by atoms with Crippen molar-refractivity contribution in [2.75, 3.05) is 10.6 Å². The van der Waals surface area contributed by atoms with Crippen LogP contribution in [0.1, 0.15) is 11.1 Å². The molecule has 2 N–H and O–H groups in total. The molecule has 0 unspecified atom stereocenters. The molecule has 0 heterocycles. The minimum atomic E-state index is -0.719. The Morgan fingerprint density at radius 2 is 1.41 bits per heavy atom. The van der Waals surface area contributed by atoms with Crippen molar-refractivity contribution in [2.45, 2.75) is 13.8 Å². The molecule has 2 amide bonds.